The van der Waals surface area contributed by atoms with Crippen LogP contribution in [0.2, 0.25) is 0 Å². The molecule has 134 valence electrons. The number of likely N-dealkylation sites (tertiary alicyclic amines) is 1. The Balaban J connectivity index is 1.38. The Morgan fingerprint density at radius 2 is 2.21 bits per heavy atom. The van der Waals surface area contributed by atoms with Crippen molar-refractivity contribution in [2.45, 2.75) is 38.8 Å². The molecule has 1 aromatic rings. The molecule has 0 bridgehead atoms. The van der Waals surface area contributed by atoms with E-state index in [9.17, 15) is 4.79 Å². The predicted octanol–water partition coefficient (Wildman–Crippen LogP) is 1.09. The highest BCUT2D eigenvalue weighted by molar-refractivity contribution is 5.74. The van der Waals surface area contributed by atoms with Crippen LogP contribution in [0.5, 0.6) is 0 Å². The summed E-state index contributed by atoms with van der Waals surface area (Å²) in [5, 5.41) is 7.34. The Labute approximate surface area is 143 Å². The van der Waals surface area contributed by atoms with E-state index in [1.165, 1.54) is 5.56 Å². The Bertz CT molecular complexity index is 527. The van der Waals surface area contributed by atoms with Gasteiger partial charge in [-0.15, -0.1) is 0 Å². The van der Waals surface area contributed by atoms with Crippen LogP contribution in [-0.4, -0.2) is 77.6 Å². The fourth-order valence-corrected chi connectivity index (χ4v) is 3.50. The summed E-state index contributed by atoms with van der Waals surface area (Å²) in [6, 6.07) is 0.430. The van der Waals surface area contributed by atoms with E-state index in [0.717, 1.165) is 65.2 Å². The van der Waals surface area contributed by atoms with Gasteiger partial charge in [-0.3, -0.25) is 9.58 Å². The molecule has 1 aromatic heterocycles. The van der Waals surface area contributed by atoms with Crippen molar-refractivity contribution in [2.24, 2.45) is 0 Å². The van der Waals surface area contributed by atoms with Crippen molar-refractivity contribution in [3.8, 4) is 0 Å². The molecule has 0 saturated carbocycles. The van der Waals surface area contributed by atoms with E-state index >= 15 is 0 Å². The van der Waals surface area contributed by atoms with Crippen LogP contribution in [0.15, 0.2) is 12.4 Å². The van der Waals surface area contributed by atoms with E-state index in [-0.39, 0.29) is 6.03 Å². The number of aryl methyl sites for hydroxylation is 2. The van der Waals surface area contributed by atoms with Crippen LogP contribution in [0.3, 0.4) is 0 Å². The van der Waals surface area contributed by atoms with Gasteiger partial charge in [0.2, 0.25) is 0 Å². The maximum Gasteiger partial charge on any atom is 0.317 e. The van der Waals surface area contributed by atoms with Crippen LogP contribution < -0.4 is 5.32 Å². The van der Waals surface area contributed by atoms with Crippen LogP contribution in [0.1, 0.15) is 24.8 Å². The summed E-state index contributed by atoms with van der Waals surface area (Å²) in [7, 11) is 0. The number of rotatable bonds is 6. The molecular formula is C17H29N5O2. The third-order valence-corrected chi connectivity index (χ3v) is 4.81. The Hall–Kier alpha value is -1.60. The van der Waals surface area contributed by atoms with Gasteiger partial charge >= 0.3 is 6.03 Å². The molecule has 3 rings (SSSR count). The fraction of sp³-hybridized carbons (Fsp3) is 0.765. The van der Waals surface area contributed by atoms with Crippen LogP contribution in [0, 0.1) is 6.92 Å². The third-order valence-electron chi connectivity index (χ3n) is 4.81. The quantitative estimate of drug-likeness (QED) is 0.791. The minimum absolute atomic E-state index is 0.0856. The van der Waals surface area contributed by atoms with Crippen molar-refractivity contribution in [1.29, 1.82) is 0 Å². The molecule has 2 amide bonds. The van der Waals surface area contributed by atoms with Crippen molar-refractivity contribution < 1.29 is 9.53 Å². The lowest BCUT2D eigenvalue weighted by Crippen LogP contribution is -2.49. The van der Waals surface area contributed by atoms with Gasteiger partial charge in [0.1, 0.15) is 0 Å². The summed E-state index contributed by atoms with van der Waals surface area (Å²) in [6.45, 7) is 9.00. The number of hydrogen-bond acceptors (Lipinski definition) is 4. The molecule has 1 N–H and O–H groups in total. The number of amides is 2. The monoisotopic (exact) mass is 335 g/mol. The van der Waals surface area contributed by atoms with E-state index in [4.69, 9.17) is 4.74 Å². The van der Waals surface area contributed by atoms with Gasteiger partial charge in [-0.2, -0.15) is 5.10 Å². The van der Waals surface area contributed by atoms with E-state index < -0.39 is 0 Å². The minimum atomic E-state index is 0.0856. The third kappa shape index (κ3) is 4.70. The van der Waals surface area contributed by atoms with E-state index in [1.54, 1.807) is 0 Å². The van der Waals surface area contributed by atoms with E-state index in [0.29, 0.717) is 12.6 Å². The van der Waals surface area contributed by atoms with Gasteiger partial charge in [-0.25, -0.2) is 4.79 Å². The van der Waals surface area contributed by atoms with Gasteiger partial charge in [-0.05, 0) is 31.7 Å². The molecule has 0 aliphatic carbocycles. The summed E-state index contributed by atoms with van der Waals surface area (Å²) in [5.74, 6) is 0. The molecule has 0 unspecified atom stereocenters. The first kappa shape index (κ1) is 17.2. The zero-order chi connectivity index (χ0) is 16.8. The summed E-state index contributed by atoms with van der Waals surface area (Å²) in [6.07, 6.45) is 7.00. The number of ether oxygens (including phenoxy) is 1. The first-order valence-corrected chi connectivity index (χ1v) is 9.06. The molecule has 7 heteroatoms. The van der Waals surface area contributed by atoms with Crippen molar-refractivity contribution in [3.05, 3.63) is 18.0 Å². The number of hydrogen-bond donors (Lipinski definition) is 1. The lowest BCUT2D eigenvalue weighted by atomic mass is 10.2. The first-order valence-electron chi connectivity index (χ1n) is 9.06. The lowest BCUT2D eigenvalue weighted by Gasteiger charge is -2.32. The average Bonchev–Trinajstić information content (AvgIpc) is 3.21. The predicted molar refractivity (Wildman–Crippen MR) is 92.0 cm³/mol. The first-order chi connectivity index (χ1) is 11.7. The molecule has 0 spiro atoms. The number of aromatic nitrogens is 2. The number of nitrogens with zero attached hydrogens (tertiary/aromatic N) is 4. The van der Waals surface area contributed by atoms with Gasteiger partial charge < -0.3 is 15.0 Å². The zero-order valence-corrected chi connectivity index (χ0v) is 14.6. The highest BCUT2D eigenvalue weighted by Gasteiger charge is 2.30. The van der Waals surface area contributed by atoms with Crippen molar-refractivity contribution in [3.63, 3.8) is 0 Å². The summed E-state index contributed by atoms with van der Waals surface area (Å²) < 4.78 is 7.33. The van der Waals surface area contributed by atoms with E-state index in [1.807, 2.05) is 28.9 Å². The number of morpholine rings is 1. The fourth-order valence-electron chi connectivity index (χ4n) is 3.50. The van der Waals surface area contributed by atoms with Gasteiger partial charge in [-0.1, -0.05) is 0 Å². The SMILES string of the molecule is Cc1cnn(CCCNC(=O)N2CCC[C@@H]2CN2CCOCC2)c1. The topological polar surface area (TPSA) is 62.6 Å². The van der Waals surface area contributed by atoms with Crippen molar-refractivity contribution in [2.75, 3.05) is 45.9 Å². The second-order valence-electron chi connectivity index (χ2n) is 6.77. The molecule has 3 heterocycles. The number of carbonyl (C=O) groups excluding carboxylic acids is 1. The number of nitrogens with one attached hydrogen (secondary N) is 1. The van der Waals surface area contributed by atoms with Gasteiger partial charge in [0, 0.05) is 51.5 Å². The summed E-state index contributed by atoms with van der Waals surface area (Å²) >= 11 is 0. The normalized spacial score (nSPS) is 22.0. The largest absolute Gasteiger partial charge is 0.379 e. The standard InChI is InChI=1S/C17H29N5O2/c1-15-12-19-21(13-15)6-3-5-18-17(23)22-7-2-4-16(22)14-20-8-10-24-11-9-20/h12-13,16H,2-11,14H2,1H3,(H,18,23)/t16-/m1/s1. The van der Waals surface area contributed by atoms with E-state index in [2.05, 4.69) is 15.3 Å². The highest BCUT2D eigenvalue weighted by Crippen LogP contribution is 2.18. The molecule has 2 aliphatic heterocycles. The minimum Gasteiger partial charge on any atom is -0.379 e. The smallest absolute Gasteiger partial charge is 0.317 e. The van der Waals surface area contributed by atoms with Gasteiger partial charge in [0.05, 0.1) is 19.4 Å². The molecular weight excluding hydrogens is 306 g/mol. The van der Waals surface area contributed by atoms with Crippen molar-refractivity contribution >= 4 is 6.03 Å². The number of carbonyl (C=O) groups is 1. The van der Waals surface area contributed by atoms with Crippen LogP contribution >= 0.6 is 0 Å². The Morgan fingerprint density at radius 3 is 2.96 bits per heavy atom. The molecule has 24 heavy (non-hydrogen) atoms. The molecule has 2 aliphatic rings. The molecule has 0 aromatic carbocycles. The zero-order valence-electron chi connectivity index (χ0n) is 14.6. The Morgan fingerprint density at radius 1 is 1.38 bits per heavy atom. The molecule has 7 nitrogen and oxygen atoms in total. The Kier molecular flexibility index (Phi) is 6.09. The van der Waals surface area contributed by atoms with Crippen LogP contribution in [-0.2, 0) is 11.3 Å². The average molecular weight is 335 g/mol. The highest BCUT2D eigenvalue weighted by atomic mass is 16.5. The van der Waals surface area contributed by atoms with Crippen molar-refractivity contribution in [1.82, 2.24) is 24.9 Å². The molecule has 2 fully saturated rings. The molecule has 0 radical (unpaired) electrons. The van der Waals surface area contributed by atoms with Crippen LogP contribution in [0.25, 0.3) is 0 Å². The summed E-state index contributed by atoms with van der Waals surface area (Å²) in [4.78, 5) is 16.9. The second-order valence-corrected chi connectivity index (χ2v) is 6.77. The number of urea groups is 1. The summed E-state index contributed by atoms with van der Waals surface area (Å²) in [5.41, 5.74) is 1.17. The molecule has 1 atom stereocenters. The molecule has 2 saturated heterocycles. The van der Waals surface area contributed by atoms with Gasteiger partial charge in [0.25, 0.3) is 0 Å². The lowest BCUT2D eigenvalue weighted by molar-refractivity contribution is 0.0292. The maximum absolute atomic E-state index is 12.5. The van der Waals surface area contributed by atoms with Crippen LogP contribution in [0.4, 0.5) is 4.79 Å². The maximum atomic E-state index is 12.5. The second kappa shape index (κ2) is 8.48. The van der Waals surface area contributed by atoms with Gasteiger partial charge in [0.15, 0.2) is 0 Å².